The molecule has 14 heavy (non-hydrogen) atoms. The van der Waals surface area contributed by atoms with Crippen molar-refractivity contribution < 1.29 is 4.74 Å². The number of nitrogens with two attached hydrogens (primary N) is 1. The number of rotatable bonds is 4. The monoisotopic (exact) mass is 214 g/mol. The lowest BCUT2D eigenvalue weighted by Gasteiger charge is -2.15. The van der Waals surface area contributed by atoms with Crippen LogP contribution in [0, 0.1) is 0 Å². The van der Waals surface area contributed by atoms with Crippen molar-refractivity contribution in [2.24, 2.45) is 0 Å². The Bertz CT molecular complexity index is 304. The Kier molecular flexibility index (Phi) is 4.04. The minimum atomic E-state index is 0.225. The molecule has 0 heterocycles. The zero-order valence-electron chi connectivity index (χ0n) is 8.38. The molecule has 0 aliphatic heterocycles. The Balaban J connectivity index is 2.67. The Hall–Kier alpha value is -0.930. The topological polar surface area (TPSA) is 47.3 Å². The van der Waals surface area contributed by atoms with E-state index in [0.717, 1.165) is 5.69 Å². The summed E-state index contributed by atoms with van der Waals surface area (Å²) in [5.41, 5.74) is 7.32. The van der Waals surface area contributed by atoms with Crippen molar-refractivity contribution in [3.05, 3.63) is 23.2 Å². The third kappa shape index (κ3) is 3.09. The quantitative estimate of drug-likeness (QED) is 0.757. The van der Waals surface area contributed by atoms with Gasteiger partial charge in [-0.25, -0.2) is 0 Å². The summed E-state index contributed by atoms with van der Waals surface area (Å²) in [5, 5.41) is 3.88. The van der Waals surface area contributed by atoms with E-state index < -0.39 is 0 Å². The molecule has 3 nitrogen and oxygen atoms in total. The van der Waals surface area contributed by atoms with Crippen LogP contribution in [0.2, 0.25) is 5.02 Å². The highest BCUT2D eigenvalue weighted by Gasteiger charge is 2.04. The lowest BCUT2D eigenvalue weighted by Crippen LogP contribution is -2.21. The first-order chi connectivity index (χ1) is 6.63. The molecule has 78 valence electrons. The smallest absolute Gasteiger partial charge is 0.0661 e. The van der Waals surface area contributed by atoms with Gasteiger partial charge in [-0.2, -0.15) is 0 Å². The number of anilines is 2. The Morgan fingerprint density at radius 3 is 2.86 bits per heavy atom. The fourth-order valence-electron chi connectivity index (χ4n) is 1.22. The van der Waals surface area contributed by atoms with Crippen molar-refractivity contribution in [1.82, 2.24) is 0 Å². The summed E-state index contributed by atoms with van der Waals surface area (Å²) in [4.78, 5) is 0. The zero-order valence-corrected chi connectivity index (χ0v) is 9.14. The van der Waals surface area contributed by atoms with Crippen molar-refractivity contribution in [2.45, 2.75) is 13.0 Å². The van der Waals surface area contributed by atoms with Crippen molar-refractivity contribution >= 4 is 23.0 Å². The first-order valence-corrected chi connectivity index (χ1v) is 4.81. The number of halogens is 1. The van der Waals surface area contributed by atoms with Crippen LogP contribution in [0.3, 0.4) is 0 Å². The standard InChI is InChI=1S/C10H15ClN2O/c1-7(6-14-2)13-10-4-3-8(11)5-9(10)12/h3-5,7,13H,6,12H2,1-2H3. The van der Waals surface area contributed by atoms with Gasteiger partial charge in [0.2, 0.25) is 0 Å². The first kappa shape index (κ1) is 11.1. The summed E-state index contributed by atoms with van der Waals surface area (Å²) >= 11 is 5.78. The molecule has 0 radical (unpaired) electrons. The van der Waals surface area contributed by atoms with Crippen LogP contribution in [0.15, 0.2) is 18.2 Å². The van der Waals surface area contributed by atoms with E-state index in [4.69, 9.17) is 22.1 Å². The van der Waals surface area contributed by atoms with Gasteiger partial charge in [-0.05, 0) is 25.1 Å². The highest BCUT2D eigenvalue weighted by atomic mass is 35.5. The van der Waals surface area contributed by atoms with Gasteiger partial charge >= 0.3 is 0 Å². The first-order valence-electron chi connectivity index (χ1n) is 4.44. The Morgan fingerprint density at radius 1 is 1.57 bits per heavy atom. The normalized spacial score (nSPS) is 12.5. The van der Waals surface area contributed by atoms with Gasteiger partial charge in [-0.15, -0.1) is 0 Å². The third-order valence-corrected chi connectivity index (χ3v) is 2.07. The largest absolute Gasteiger partial charge is 0.397 e. The van der Waals surface area contributed by atoms with Crippen LogP contribution in [0.1, 0.15) is 6.92 Å². The van der Waals surface area contributed by atoms with Crippen molar-refractivity contribution in [3.8, 4) is 0 Å². The average molecular weight is 215 g/mol. The molecule has 1 aromatic rings. The van der Waals surface area contributed by atoms with Gasteiger partial charge in [-0.3, -0.25) is 0 Å². The Morgan fingerprint density at radius 2 is 2.29 bits per heavy atom. The molecule has 3 N–H and O–H groups in total. The van der Waals surface area contributed by atoms with Crippen LogP contribution in [-0.4, -0.2) is 19.8 Å². The van der Waals surface area contributed by atoms with Gasteiger partial charge in [0.05, 0.1) is 18.0 Å². The molecule has 0 spiro atoms. The third-order valence-electron chi connectivity index (χ3n) is 1.83. The van der Waals surface area contributed by atoms with Crippen molar-refractivity contribution in [1.29, 1.82) is 0 Å². The molecule has 0 aliphatic rings. The van der Waals surface area contributed by atoms with E-state index in [1.54, 1.807) is 19.2 Å². The van der Waals surface area contributed by atoms with E-state index in [1.807, 2.05) is 13.0 Å². The molecule has 0 bridgehead atoms. The van der Waals surface area contributed by atoms with Gasteiger partial charge in [-0.1, -0.05) is 11.6 Å². The molecule has 1 rings (SSSR count). The fourth-order valence-corrected chi connectivity index (χ4v) is 1.40. The number of hydrogen-bond acceptors (Lipinski definition) is 3. The fraction of sp³-hybridized carbons (Fsp3) is 0.400. The molecule has 0 aliphatic carbocycles. The Labute approximate surface area is 89.2 Å². The van der Waals surface area contributed by atoms with Gasteiger partial charge in [0.1, 0.15) is 0 Å². The summed E-state index contributed by atoms with van der Waals surface area (Å²) in [5.74, 6) is 0. The van der Waals surface area contributed by atoms with Crippen LogP contribution < -0.4 is 11.1 Å². The summed E-state index contributed by atoms with van der Waals surface area (Å²) in [6, 6.07) is 5.62. The van der Waals surface area contributed by atoms with Crippen LogP contribution in [0.25, 0.3) is 0 Å². The summed E-state index contributed by atoms with van der Waals surface area (Å²) in [7, 11) is 1.67. The van der Waals surface area contributed by atoms with Gasteiger partial charge in [0, 0.05) is 18.2 Å². The second-order valence-electron chi connectivity index (χ2n) is 3.23. The molecule has 0 fully saturated rings. The van der Waals surface area contributed by atoms with E-state index in [1.165, 1.54) is 0 Å². The molecular weight excluding hydrogens is 200 g/mol. The maximum absolute atomic E-state index is 5.78. The maximum Gasteiger partial charge on any atom is 0.0661 e. The molecule has 0 saturated heterocycles. The highest BCUT2D eigenvalue weighted by Crippen LogP contribution is 2.23. The van der Waals surface area contributed by atoms with E-state index in [0.29, 0.717) is 17.3 Å². The number of ether oxygens (including phenoxy) is 1. The van der Waals surface area contributed by atoms with Gasteiger partial charge in [0.25, 0.3) is 0 Å². The summed E-state index contributed by atoms with van der Waals surface area (Å²) in [6.45, 7) is 2.67. The molecule has 1 aromatic carbocycles. The minimum Gasteiger partial charge on any atom is -0.397 e. The predicted molar refractivity (Wildman–Crippen MR) is 60.8 cm³/mol. The highest BCUT2D eigenvalue weighted by molar-refractivity contribution is 6.31. The lowest BCUT2D eigenvalue weighted by atomic mass is 10.2. The molecule has 0 amide bonds. The molecule has 0 saturated carbocycles. The predicted octanol–water partition coefficient (Wildman–Crippen LogP) is 2.37. The number of nitrogens with one attached hydrogen (secondary N) is 1. The summed E-state index contributed by atoms with van der Waals surface area (Å²) < 4.78 is 5.01. The van der Waals surface area contributed by atoms with Crippen LogP contribution in [-0.2, 0) is 4.74 Å². The SMILES string of the molecule is COCC(C)Nc1ccc(Cl)cc1N. The minimum absolute atomic E-state index is 0.225. The lowest BCUT2D eigenvalue weighted by molar-refractivity contribution is 0.190. The van der Waals surface area contributed by atoms with E-state index >= 15 is 0 Å². The van der Waals surface area contributed by atoms with Crippen LogP contribution in [0.4, 0.5) is 11.4 Å². The number of benzene rings is 1. The number of nitrogen functional groups attached to an aromatic ring is 1. The summed E-state index contributed by atoms with van der Waals surface area (Å²) in [6.07, 6.45) is 0. The van der Waals surface area contributed by atoms with Crippen LogP contribution in [0.5, 0.6) is 0 Å². The van der Waals surface area contributed by atoms with E-state index in [9.17, 15) is 0 Å². The number of methoxy groups -OCH3 is 1. The second-order valence-corrected chi connectivity index (χ2v) is 3.67. The van der Waals surface area contributed by atoms with Crippen LogP contribution >= 0.6 is 11.6 Å². The molecule has 0 aromatic heterocycles. The van der Waals surface area contributed by atoms with E-state index in [-0.39, 0.29) is 6.04 Å². The van der Waals surface area contributed by atoms with Crippen molar-refractivity contribution in [2.75, 3.05) is 24.8 Å². The van der Waals surface area contributed by atoms with Gasteiger partial charge < -0.3 is 15.8 Å². The second kappa shape index (κ2) is 5.08. The zero-order chi connectivity index (χ0) is 10.6. The molecule has 1 unspecified atom stereocenters. The molecular formula is C10H15ClN2O. The molecule has 1 atom stereocenters. The van der Waals surface area contributed by atoms with Crippen molar-refractivity contribution in [3.63, 3.8) is 0 Å². The maximum atomic E-state index is 5.78. The van der Waals surface area contributed by atoms with Gasteiger partial charge in [0.15, 0.2) is 0 Å². The molecule has 4 heteroatoms. The average Bonchev–Trinajstić information content (AvgIpc) is 2.10. The number of hydrogen-bond donors (Lipinski definition) is 2. The van der Waals surface area contributed by atoms with E-state index in [2.05, 4.69) is 5.32 Å².